The van der Waals surface area contributed by atoms with E-state index in [4.69, 9.17) is 28.8 Å². The number of aryl methyl sites for hydroxylation is 1. The highest BCUT2D eigenvalue weighted by Gasteiger charge is 2.37. The summed E-state index contributed by atoms with van der Waals surface area (Å²) in [6.45, 7) is 13.8. The lowest BCUT2D eigenvalue weighted by Gasteiger charge is -2.36. The van der Waals surface area contributed by atoms with Gasteiger partial charge in [0.2, 0.25) is 0 Å². The van der Waals surface area contributed by atoms with Crippen molar-refractivity contribution in [2.24, 2.45) is 0 Å². The van der Waals surface area contributed by atoms with E-state index in [0.717, 1.165) is 12.0 Å². The molecule has 8 nitrogen and oxygen atoms in total. The zero-order chi connectivity index (χ0) is 34.3. The van der Waals surface area contributed by atoms with Gasteiger partial charge in [-0.05, 0) is 84.2 Å². The summed E-state index contributed by atoms with van der Waals surface area (Å²) in [6, 6.07) is 28.2. The molecule has 0 amide bonds. The van der Waals surface area contributed by atoms with Crippen LogP contribution >= 0.6 is 0 Å². The van der Waals surface area contributed by atoms with E-state index in [0.29, 0.717) is 35.2 Å². The number of ether oxygens (including phenoxy) is 3. The Balaban J connectivity index is 0.000000299. The Bertz CT molecular complexity index is 1520. The molecule has 0 aliphatic carbocycles. The van der Waals surface area contributed by atoms with Crippen molar-refractivity contribution in [3.8, 4) is 23.0 Å². The van der Waals surface area contributed by atoms with Crippen LogP contribution in [0.2, 0.25) is 18.1 Å². The lowest BCUT2D eigenvalue weighted by Crippen LogP contribution is -2.40. The summed E-state index contributed by atoms with van der Waals surface area (Å²) < 4.78 is 21.7. The quantitative estimate of drug-likeness (QED) is 0.105. The molecule has 4 aromatic carbocycles. The zero-order valence-electron chi connectivity index (χ0n) is 28.0. The first kappa shape index (κ1) is 37.6. The first-order valence-electron chi connectivity index (χ1n) is 14.9. The minimum Gasteiger partial charge on any atom is -0.508 e. The van der Waals surface area contributed by atoms with Crippen LogP contribution in [0.4, 0.5) is 0 Å². The number of hydrogen-bond donors (Lipinski definition) is 2. The SMILES string of the molecule is CCc1ccc(O)cc1.COc1ccccc1C(=O)O.COc1ccccc1C(=O)Oc1ccc(CO[Si](C)(C)C(C)(C)C)cc1. The van der Waals surface area contributed by atoms with Crippen LogP contribution in [0.15, 0.2) is 97.1 Å². The number of aromatic hydroxyl groups is 1. The monoisotopic (exact) mass is 646 g/mol. The molecule has 9 heteroatoms. The Morgan fingerprint density at radius 1 is 0.717 bits per heavy atom. The molecule has 0 unspecified atom stereocenters. The lowest BCUT2D eigenvalue weighted by molar-refractivity contribution is 0.0690. The Morgan fingerprint density at radius 3 is 1.65 bits per heavy atom. The maximum absolute atomic E-state index is 12.3. The van der Waals surface area contributed by atoms with Gasteiger partial charge in [-0.25, -0.2) is 9.59 Å². The van der Waals surface area contributed by atoms with Crippen LogP contribution in [-0.2, 0) is 17.5 Å². The number of carboxylic acids is 1. The van der Waals surface area contributed by atoms with Crippen LogP contribution < -0.4 is 14.2 Å². The van der Waals surface area contributed by atoms with E-state index in [1.54, 1.807) is 60.7 Å². The van der Waals surface area contributed by atoms with E-state index < -0.39 is 20.3 Å². The number of carboxylic acid groups (broad SMARTS) is 1. The van der Waals surface area contributed by atoms with Crippen LogP contribution in [0, 0.1) is 0 Å². The molecule has 0 radical (unpaired) electrons. The van der Waals surface area contributed by atoms with Gasteiger partial charge in [0.05, 0.1) is 20.8 Å². The summed E-state index contributed by atoms with van der Waals surface area (Å²) in [5, 5.41) is 17.6. The predicted molar refractivity (Wildman–Crippen MR) is 184 cm³/mol. The number of methoxy groups -OCH3 is 2. The summed E-state index contributed by atoms with van der Waals surface area (Å²) in [7, 11) is 1.20. The van der Waals surface area contributed by atoms with Gasteiger partial charge in [0.25, 0.3) is 0 Å². The van der Waals surface area contributed by atoms with Crippen LogP contribution in [0.3, 0.4) is 0 Å². The first-order valence-corrected chi connectivity index (χ1v) is 17.9. The number of para-hydroxylation sites is 2. The molecule has 0 aliphatic rings. The molecular weight excluding hydrogens is 600 g/mol. The molecule has 0 bridgehead atoms. The molecule has 0 spiro atoms. The van der Waals surface area contributed by atoms with E-state index in [1.807, 2.05) is 30.3 Å². The van der Waals surface area contributed by atoms with Gasteiger partial charge in [0, 0.05) is 0 Å². The zero-order valence-corrected chi connectivity index (χ0v) is 29.0. The molecule has 0 saturated heterocycles. The molecule has 246 valence electrons. The molecule has 2 N–H and O–H groups in total. The summed E-state index contributed by atoms with van der Waals surface area (Å²) >= 11 is 0. The van der Waals surface area contributed by atoms with E-state index >= 15 is 0 Å². The highest BCUT2D eigenvalue weighted by atomic mass is 28.4. The number of aromatic carboxylic acids is 1. The number of carbonyl (C=O) groups is 2. The second-order valence-electron chi connectivity index (χ2n) is 11.8. The van der Waals surface area contributed by atoms with Crippen molar-refractivity contribution in [1.82, 2.24) is 0 Å². The van der Waals surface area contributed by atoms with Crippen LogP contribution in [-0.4, -0.2) is 44.7 Å². The normalized spacial score (nSPS) is 10.8. The third-order valence-electron chi connectivity index (χ3n) is 7.55. The Morgan fingerprint density at radius 2 is 1.20 bits per heavy atom. The van der Waals surface area contributed by atoms with E-state index in [2.05, 4.69) is 40.8 Å². The van der Waals surface area contributed by atoms with Gasteiger partial charge in [0.1, 0.15) is 34.1 Å². The van der Waals surface area contributed by atoms with Crippen LogP contribution in [0.5, 0.6) is 23.0 Å². The maximum atomic E-state index is 12.3. The van der Waals surface area contributed by atoms with Crippen LogP contribution in [0.1, 0.15) is 59.5 Å². The smallest absolute Gasteiger partial charge is 0.347 e. The third-order valence-corrected chi connectivity index (χ3v) is 12.0. The van der Waals surface area contributed by atoms with Crippen molar-refractivity contribution >= 4 is 20.3 Å². The Hall–Kier alpha value is -4.60. The Labute approximate surface area is 273 Å². The highest BCUT2D eigenvalue weighted by molar-refractivity contribution is 6.74. The van der Waals surface area contributed by atoms with Gasteiger partial charge < -0.3 is 28.8 Å². The number of phenols is 1. The van der Waals surface area contributed by atoms with Crippen molar-refractivity contribution in [1.29, 1.82) is 0 Å². The van der Waals surface area contributed by atoms with E-state index in [1.165, 1.54) is 25.8 Å². The second-order valence-corrected chi connectivity index (χ2v) is 16.6. The lowest BCUT2D eigenvalue weighted by atomic mass is 10.2. The fourth-order valence-electron chi connectivity index (χ4n) is 3.66. The predicted octanol–water partition coefficient (Wildman–Crippen LogP) is 8.78. The Kier molecular flexibility index (Phi) is 14.5. The number of rotatable bonds is 9. The maximum Gasteiger partial charge on any atom is 0.347 e. The van der Waals surface area contributed by atoms with Crippen molar-refractivity contribution in [2.75, 3.05) is 14.2 Å². The minimum atomic E-state index is -1.78. The molecule has 0 saturated carbocycles. The van der Waals surface area contributed by atoms with Gasteiger partial charge in [-0.3, -0.25) is 0 Å². The summed E-state index contributed by atoms with van der Waals surface area (Å²) in [5.41, 5.74) is 2.91. The number of phenolic OH excluding ortho intramolecular Hbond substituents is 1. The first-order chi connectivity index (χ1) is 21.7. The van der Waals surface area contributed by atoms with Crippen molar-refractivity contribution in [3.63, 3.8) is 0 Å². The molecule has 4 rings (SSSR count). The molecule has 46 heavy (non-hydrogen) atoms. The number of esters is 1. The minimum absolute atomic E-state index is 0.178. The van der Waals surface area contributed by atoms with Gasteiger partial charge in [-0.1, -0.05) is 76.2 Å². The molecule has 0 atom stereocenters. The molecule has 0 heterocycles. The summed E-state index contributed by atoms with van der Waals surface area (Å²) in [5.74, 6) is 0.316. The molecule has 0 aromatic heterocycles. The van der Waals surface area contributed by atoms with Gasteiger partial charge in [0.15, 0.2) is 8.32 Å². The standard InChI is InChI=1S/C21H28O4Si.C8H8O3.C8H10O/c1-21(2,3)26(5,6)24-15-16-11-13-17(14-12-16)25-20(22)18-9-7-8-10-19(18)23-4;1-11-7-5-3-2-4-6(7)8(9)10;1-2-7-3-5-8(9)6-4-7/h7-14H,15H2,1-6H3;2-5H,1H3,(H,9,10);3-6,9H,2H2,1H3. The van der Waals surface area contributed by atoms with E-state index in [-0.39, 0.29) is 10.6 Å². The molecule has 4 aromatic rings. The van der Waals surface area contributed by atoms with Gasteiger partial charge in [-0.15, -0.1) is 0 Å². The van der Waals surface area contributed by atoms with Crippen molar-refractivity contribution in [2.45, 2.75) is 58.9 Å². The molecular formula is C37H46O8Si. The number of benzene rings is 4. The summed E-state index contributed by atoms with van der Waals surface area (Å²) in [4.78, 5) is 22.8. The average Bonchev–Trinajstić information content (AvgIpc) is 3.04. The average molecular weight is 647 g/mol. The second kappa shape index (κ2) is 17.8. The van der Waals surface area contributed by atoms with E-state index in [9.17, 15) is 9.59 Å². The third kappa shape index (κ3) is 11.7. The fourth-order valence-corrected chi connectivity index (χ4v) is 4.62. The molecule has 0 aliphatic heterocycles. The molecule has 0 fully saturated rings. The largest absolute Gasteiger partial charge is 0.508 e. The fraction of sp³-hybridized carbons (Fsp3) is 0.297. The number of carbonyl (C=O) groups excluding carboxylic acids is 1. The van der Waals surface area contributed by atoms with Gasteiger partial charge in [-0.2, -0.15) is 0 Å². The van der Waals surface area contributed by atoms with Crippen LogP contribution in [0.25, 0.3) is 0 Å². The van der Waals surface area contributed by atoms with Crippen molar-refractivity contribution in [3.05, 3.63) is 119 Å². The summed E-state index contributed by atoms with van der Waals surface area (Å²) in [6.07, 6.45) is 1.03. The topological polar surface area (TPSA) is 112 Å². The van der Waals surface area contributed by atoms with Gasteiger partial charge >= 0.3 is 11.9 Å². The number of hydrogen-bond acceptors (Lipinski definition) is 7. The van der Waals surface area contributed by atoms with Crippen molar-refractivity contribution < 1.29 is 38.4 Å². The highest BCUT2D eigenvalue weighted by Crippen LogP contribution is 2.37.